The van der Waals surface area contributed by atoms with Crippen LogP contribution < -0.4 is 5.73 Å². The molecule has 5 nitrogen and oxygen atoms in total. The molecule has 1 fully saturated rings. The molecule has 1 aliphatic heterocycles. The van der Waals surface area contributed by atoms with Crippen molar-refractivity contribution in [2.75, 3.05) is 19.6 Å². The number of amides is 1. The summed E-state index contributed by atoms with van der Waals surface area (Å²) in [5.74, 6) is 0.669. The molecule has 1 aromatic rings. The van der Waals surface area contributed by atoms with Crippen molar-refractivity contribution >= 4 is 5.91 Å². The summed E-state index contributed by atoms with van der Waals surface area (Å²) in [6, 6.07) is 1.90. The molecule has 1 saturated heterocycles. The zero-order valence-corrected chi connectivity index (χ0v) is 11.2. The summed E-state index contributed by atoms with van der Waals surface area (Å²) < 4.78 is 1.69. The fourth-order valence-corrected chi connectivity index (χ4v) is 2.55. The molecule has 0 spiro atoms. The second kappa shape index (κ2) is 5.52. The van der Waals surface area contributed by atoms with Crippen molar-refractivity contribution in [2.24, 2.45) is 18.7 Å². The Morgan fingerprint density at radius 1 is 1.61 bits per heavy atom. The third kappa shape index (κ3) is 2.56. The molecule has 100 valence electrons. The fourth-order valence-electron chi connectivity index (χ4n) is 2.55. The number of aryl methyl sites for hydroxylation is 2. The Kier molecular flexibility index (Phi) is 4.01. The van der Waals surface area contributed by atoms with E-state index in [1.807, 2.05) is 24.9 Å². The minimum absolute atomic E-state index is 0.101. The van der Waals surface area contributed by atoms with Gasteiger partial charge in [-0.05, 0) is 37.8 Å². The molecule has 2 heterocycles. The van der Waals surface area contributed by atoms with Gasteiger partial charge in [0.2, 0.25) is 0 Å². The Labute approximate surface area is 108 Å². The van der Waals surface area contributed by atoms with Gasteiger partial charge in [-0.15, -0.1) is 0 Å². The highest BCUT2D eigenvalue weighted by atomic mass is 16.2. The van der Waals surface area contributed by atoms with Crippen LogP contribution in [0.5, 0.6) is 0 Å². The van der Waals surface area contributed by atoms with E-state index in [9.17, 15) is 4.79 Å². The van der Waals surface area contributed by atoms with E-state index < -0.39 is 0 Å². The summed E-state index contributed by atoms with van der Waals surface area (Å²) in [7, 11) is 1.83. The van der Waals surface area contributed by atoms with Crippen molar-refractivity contribution in [1.29, 1.82) is 0 Å². The quantitative estimate of drug-likeness (QED) is 0.859. The number of nitrogens with zero attached hydrogens (tertiary/aromatic N) is 3. The van der Waals surface area contributed by atoms with Gasteiger partial charge in [-0.1, -0.05) is 6.92 Å². The Balaban J connectivity index is 2.05. The number of likely N-dealkylation sites (tertiary alicyclic amines) is 1. The van der Waals surface area contributed by atoms with Gasteiger partial charge in [-0.3, -0.25) is 9.48 Å². The summed E-state index contributed by atoms with van der Waals surface area (Å²) in [6.07, 6.45) is 2.94. The molecule has 0 saturated carbocycles. The van der Waals surface area contributed by atoms with Crippen LogP contribution in [0.15, 0.2) is 6.07 Å². The molecule has 1 atom stereocenters. The molecule has 0 bridgehead atoms. The molecule has 2 N–H and O–H groups in total. The van der Waals surface area contributed by atoms with Gasteiger partial charge in [-0.2, -0.15) is 5.10 Å². The van der Waals surface area contributed by atoms with Crippen molar-refractivity contribution in [3.05, 3.63) is 17.5 Å². The number of aromatic nitrogens is 2. The average molecular weight is 250 g/mol. The monoisotopic (exact) mass is 250 g/mol. The first-order valence-corrected chi connectivity index (χ1v) is 6.68. The molecule has 1 unspecified atom stereocenters. The first-order valence-electron chi connectivity index (χ1n) is 6.68. The van der Waals surface area contributed by atoms with E-state index >= 15 is 0 Å². The van der Waals surface area contributed by atoms with Crippen LogP contribution >= 0.6 is 0 Å². The lowest BCUT2D eigenvalue weighted by atomic mass is 10.1. The lowest BCUT2D eigenvalue weighted by molar-refractivity contribution is 0.0776. The van der Waals surface area contributed by atoms with Crippen molar-refractivity contribution in [3.63, 3.8) is 0 Å². The third-order valence-electron chi connectivity index (χ3n) is 3.66. The average Bonchev–Trinajstić information content (AvgIpc) is 2.95. The highest BCUT2D eigenvalue weighted by Gasteiger charge is 2.28. The van der Waals surface area contributed by atoms with Gasteiger partial charge in [0.05, 0.1) is 5.69 Å². The van der Waals surface area contributed by atoms with Gasteiger partial charge in [-0.25, -0.2) is 0 Å². The maximum absolute atomic E-state index is 12.4. The number of hydrogen-bond donors (Lipinski definition) is 1. The fraction of sp³-hybridized carbons (Fsp3) is 0.692. The molecule has 1 amide bonds. The Hall–Kier alpha value is -1.36. The minimum Gasteiger partial charge on any atom is -0.337 e. The number of hydrogen-bond acceptors (Lipinski definition) is 3. The summed E-state index contributed by atoms with van der Waals surface area (Å²) in [6.45, 7) is 4.43. The van der Waals surface area contributed by atoms with Gasteiger partial charge in [0.15, 0.2) is 0 Å². The van der Waals surface area contributed by atoms with E-state index in [0.29, 0.717) is 18.2 Å². The van der Waals surface area contributed by atoms with Crippen LogP contribution in [-0.4, -0.2) is 40.2 Å². The lowest BCUT2D eigenvalue weighted by Crippen LogP contribution is -2.30. The molecule has 0 aromatic carbocycles. The van der Waals surface area contributed by atoms with E-state index in [-0.39, 0.29) is 5.91 Å². The number of carbonyl (C=O) groups is 1. The highest BCUT2D eigenvalue weighted by molar-refractivity contribution is 5.92. The predicted molar refractivity (Wildman–Crippen MR) is 70.3 cm³/mol. The van der Waals surface area contributed by atoms with Crippen LogP contribution in [0.25, 0.3) is 0 Å². The summed E-state index contributed by atoms with van der Waals surface area (Å²) in [5.41, 5.74) is 7.23. The molecule has 1 aromatic heterocycles. The van der Waals surface area contributed by atoms with Gasteiger partial charge in [0.25, 0.3) is 5.91 Å². The Morgan fingerprint density at radius 2 is 2.39 bits per heavy atom. The van der Waals surface area contributed by atoms with Crippen molar-refractivity contribution in [3.8, 4) is 0 Å². The van der Waals surface area contributed by atoms with Crippen molar-refractivity contribution in [1.82, 2.24) is 14.7 Å². The van der Waals surface area contributed by atoms with Crippen LogP contribution in [0.3, 0.4) is 0 Å². The smallest absolute Gasteiger partial charge is 0.272 e. The Bertz CT molecular complexity index is 427. The molecule has 1 aliphatic rings. The maximum Gasteiger partial charge on any atom is 0.272 e. The standard InChI is InChI=1S/C13H22N4O/c1-3-11-8-12(16(2)15-11)13(18)17-7-5-10(9-17)4-6-14/h8,10H,3-7,9,14H2,1-2H3. The predicted octanol–water partition coefficient (Wildman–Crippen LogP) is 0.793. The van der Waals surface area contributed by atoms with Crippen LogP contribution in [-0.2, 0) is 13.5 Å². The number of carbonyl (C=O) groups excluding carboxylic acids is 1. The van der Waals surface area contributed by atoms with E-state index in [2.05, 4.69) is 5.10 Å². The van der Waals surface area contributed by atoms with E-state index in [1.165, 1.54) is 0 Å². The molecular formula is C13H22N4O. The SMILES string of the molecule is CCc1cc(C(=O)N2CCC(CCN)C2)n(C)n1. The molecule has 18 heavy (non-hydrogen) atoms. The zero-order valence-electron chi connectivity index (χ0n) is 11.2. The largest absolute Gasteiger partial charge is 0.337 e. The van der Waals surface area contributed by atoms with E-state index in [4.69, 9.17) is 5.73 Å². The maximum atomic E-state index is 12.4. The zero-order chi connectivity index (χ0) is 13.1. The second-order valence-electron chi connectivity index (χ2n) is 4.98. The van der Waals surface area contributed by atoms with Crippen LogP contribution in [0.4, 0.5) is 0 Å². The summed E-state index contributed by atoms with van der Waals surface area (Å²) in [5, 5.41) is 4.33. The number of rotatable bonds is 4. The Morgan fingerprint density at radius 3 is 3.00 bits per heavy atom. The van der Waals surface area contributed by atoms with E-state index in [0.717, 1.165) is 38.0 Å². The van der Waals surface area contributed by atoms with Crippen molar-refractivity contribution in [2.45, 2.75) is 26.2 Å². The molecule has 5 heteroatoms. The van der Waals surface area contributed by atoms with Crippen LogP contribution in [0.2, 0.25) is 0 Å². The first-order chi connectivity index (χ1) is 8.65. The topological polar surface area (TPSA) is 64.2 Å². The van der Waals surface area contributed by atoms with Crippen LogP contribution in [0.1, 0.15) is 35.9 Å². The molecule has 0 radical (unpaired) electrons. The minimum atomic E-state index is 0.101. The van der Waals surface area contributed by atoms with Gasteiger partial charge >= 0.3 is 0 Å². The van der Waals surface area contributed by atoms with Crippen molar-refractivity contribution < 1.29 is 4.79 Å². The molecule has 0 aliphatic carbocycles. The van der Waals surface area contributed by atoms with Gasteiger partial charge in [0.1, 0.15) is 5.69 Å². The van der Waals surface area contributed by atoms with E-state index in [1.54, 1.807) is 4.68 Å². The normalized spacial score (nSPS) is 19.5. The van der Waals surface area contributed by atoms with Gasteiger partial charge < -0.3 is 10.6 Å². The van der Waals surface area contributed by atoms with Crippen LogP contribution in [0, 0.1) is 5.92 Å². The van der Waals surface area contributed by atoms with Gasteiger partial charge in [0, 0.05) is 20.1 Å². The molecule has 2 rings (SSSR count). The summed E-state index contributed by atoms with van der Waals surface area (Å²) >= 11 is 0. The third-order valence-corrected chi connectivity index (χ3v) is 3.66. The lowest BCUT2D eigenvalue weighted by Gasteiger charge is -2.16. The summed E-state index contributed by atoms with van der Waals surface area (Å²) in [4.78, 5) is 14.3. The molecular weight excluding hydrogens is 228 g/mol. The number of nitrogens with two attached hydrogens (primary N) is 1. The second-order valence-corrected chi connectivity index (χ2v) is 4.98. The first kappa shape index (κ1) is 13.1. The highest BCUT2D eigenvalue weighted by Crippen LogP contribution is 2.21.